The highest BCUT2D eigenvalue weighted by Crippen LogP contribution is 2.40. The minimum atomic E-state index is -0.537. The van der Waals surface area contributed by atoms with Crippen LogP contribution in [0.15, 0.2) is 24.3 Å². The molecule has 0 unspecified atom stereocenters. The number of nitrogens with zero attached hydrogens (tertiary/aromatic N) is 3. The SMILES string of the molecule is CN(C)CC(=O)N1[C@@H](C#N)[C@H](c2ccc(C#CC3CCCC3)cc2)[C@@H]1CO. The predicted molar refractivity (Wildman–Crippen MR) is 104 cm³/mol. The molecular weight excluding hydrogens is 338 g/mol. The second kappa shape index (κ2) is 8.57. The Kier molecular flexibility index (Phi) is 6.16. The van der Waals surface area contributed by atoms with Gasteiger partial charge in [-0.1, -0.05) is 36.8 Å². The van der Waals surface area contributed by atoms with Crippen molar-refractivity contribution < 1.29 is 9.90 Å². The maximum atomic E-state index is 12.4. The molecule has 1 N–H and O–H groups in total. The number of rotatable bonds is 4. The van der Waals surface area contributed by atoms with Crippen LogP contribution in [-0.4, -0.2) is 60.1 Å². The van der Waals surface area contributed by atoms with Gasteiger partial charge in [0, 0.05) is 17.4 Å². The molecule has 0 spiro atoms. The Bertz CT molecular complexity index is 763. The molecule has 2 aliphatic rings. The standard InChI is InChI=1S/C22H27N3O2/c1-24(2)14-21(27)25-19(13-23)22(20(25)15-26)18-11-9-17(10-12-18)8-7-16-5-3-4-6-16/h9-12,16,19-20,22,26H,3-6,14-15H2,1-2H3/t19-,20-,22-/m0/s1. The van der Waals surface area contributed by atoms with Crippen LogP contribution in [0.4, 0.5) is 0 Å². The summed E-state index contributed by atoms with van der Waals surface area (Å²) in [5.41, 5.74) is 1.94. The van der Waals surface area contributed by atoms with Crippen LogP contribution in [-0.2, 0) is 4.79 Å². The Labute approximate surface area is 161 Å². The molecule has 1 aliphatic heterocycles. The summed E-state index contributed by atoms with van der Waals surface area (Å²) in [6, 6.07) is 9.26. The van der Waals surface area contributed by atoms with Gasteiger partial charge in [-0.05, 0) is 44.6 Å². The van der Waals surface area contributed by atoms with Crippen LogP contribution in [0.5, 0.6) is 0 Å². The van der Waals surface area contributed by atoms with Gasteiger partial charge in [0.25, 0.3) is 0 Å². The quantitative estimate of drug-likeness (QED) is 0.829. The van der Waals surface area contributed by atoms with Crippen molar-refractivity contribution >= 4 is 5.91 Å². The number of likely N-dealkylation sites (N-methyl/N-ethyl adjacent to an activating group) is 1. The summed E-state index contributed by atoms with van der Waals surface area (Å²) >= 11 is 0. The average Bonchev–Trinajstić information content (AvgIpc) is 3.14. The van der Waals surface area contributed by atoms with Crippen LogP contribution >= 0.6 is 0 Å². The lowest BCUT2D eigenvalue weighted by Gasteiger charge is -2.51. The smallest absolute Gasteiger partial charge is 0.238 e. The fourth-order valence-electron chi connectivity index (χ4n) is 4.15. The molecule has 1 aromatic carbocycles. The van der Waals surface area contributed by atoms with Crippen molar-refractivity contribution in [1.82, 2.24) is 9.80 Å². The summed E-state index contributed by atoms with van der Waals surface area (Å²) < 4.78 is 0. The third-order valence-corrected chi connectivity index (χ3v) is 5.54. The van der Waals surface area contributed by atoms with Gasteiger partial charge < -0.3 is 14.9 Å². The molecule has 1 saturated heterocycles. The van der Waals surface area contributed by atoms with Crippen LogP contribution in [0.25, 0.3) is 0 Å². The lowest BCUT2D eigenvalue weighted by Crippen LogP contribution is -2.66. The van der Waals surface area contributed by atoms with E-state index in [9.17, 15) is 15.2 Å². The molecule has 142 valence electrons. The number of hydrogen-bond acceptors (Lipinski definition) is 4. The average molecular weight is 365 g/mol. The molecule has 5 nitrogen and oxygen atoms in total. The van der Waals surface area contributed by atoms with E-state index in [0.29, 0.717) is 5.92 Å². The van der Waals surface area contributed by atoms with Crippen LogP contribution in [0.3, 0.4) is 0 Å². The summed E-state index contributed by atoms with van der Waals surface area (Å²) in [7, 11) is 3.63. The van der Waals surface area contributed by atoms with Crippen molar-refractivity contribution in [3.63, 3.8) is 0 Å². The fourth-order valence-corrected chi connectivity index (χ4v) is 4.15. The number of nitriles is 1. The van der Waals surface area contributed by atoms with Gasteiger partial charge in [-0.3, -0.25) is 4.79 Å². The van der Waals surface area contributed by atoms with Crippen molar-refractivity contribution in [3.05, 3.63) is 35.4 Å². The van der Waals surface area contributed by atoms with Crippen molar-refractivity contribution in [1.29, 1.82) is 5.26 Å². The summed E-state index contributed by atoms with van der Waals surface area (Å²) in [6.07, 6.45) is 4.96. The first-order valence-corrected chi connectivity index (χ1v) is 9.63. The summed E-state index contributed by atoms with van der Waals surface area (Å²) in [5.74, 6) is 6.84. The minimum absolute atomic E-state index is 0.124. The third-order valence-electron chi connectivity index (χ3n) is 5.54. The molecular formula is C22H27N3O2. The zero-order valence-corrected chi connectivity index (χ0v) is 16.1. The van der Waals surface area contributed by atoms with Crippen molar-refractivity contribution in [3.8, 4) is 17.9 Å². The van der Waals surface area contributed by atoms with Crippen molar-refractivity contribution in [2.75, 3.05) is 27.2 Å². The van der Waals surface area contributed by atoms with E-state index in [1.165, 1.54) is 30.6 Å². The molecule has 0 bridgehead atoms. The molecule has 1 heterocycles. The summed E-state index contributed by atoms with van der Waals surface area (Å²) in [4.78, 5) is 15.7. The zero-order valence-electron chi connectivity index (χ0n) is 16.1. The number of amides is 1. The number of aliphatic hydroxyl groups excluding tert-OH is 1. The summed E-state index contributed by atoms with van der Waals surface area (Å²) in [6.45, 7) is 0.0857. The highest BCUT2D eigenvalue weighted by atomic mass is 16.3. The Morgan fingerprint density at radius 2 is 1.93 bits per heavy atom. The lowest BCUT2D eigenvalue weighted by atomic mass is 9.75. The molecule has 1 amide bonds. The number of aliphatic hydroxyl groups is 1. The molecule has 1 aromatic rings. The lowest BCUT2D eigenvalue weighted by molar-refractivity contribution is -0.147. The minimum Gasteiger partial charge on any atom is -0.394 e. The maximum absolute atomic E-state index is 12.4. The maximum Gasteiger partial charge on any atom is 0.238 e. The highest BCUT2D eigenvalue weighted by Gasteiger charge is 2.51. The Morgan fingerprint density at radius 3 is 2.48 bits per heavy atom. The first-order chi connectivity index (χ1) is 13.0. The van der Waals surface area contributed by atoms with Gasteiger partial charge in [0.15, 0.2) is 0 Å². The number of likely N-dealkylation sites (tertiary alicyclic amines) is 1. The molecule has 27 heavy (non-hydrogen) atoms. The molecule has 5 heteroatoms. The molecule has 3 atom stereocenters. The topological polar surface area (TPSA) is 67.6 Å². The van der Waals surface area contributed by atoms with Gasteiger partial charge in [-0.15, -0.1) is 0 Å². The van der Waals surface area contributed by atoms with Crippen LogP contribution in [0.2, 0.25) is 0 Å². The predicted octanol–water partition coefficient (Wildman–Crippen LogP) is 1.97. The first-order valence-electron chi connectivity index (χ1n) is 9.63. The first kappa shape index (κ1) is 19.4. The van der Waals surface area contributed by atoms with Crippen LogP contribution in [0, 0.1) is 29.1 Å². The third kappa shape index (κ3) is 4.16. The van der Waals surface area contributed by atoms with Crippen LogP contribution < -0.4 is 0 Å². The number of benzene rings is 1. The van der Waals surface area contributed by atoms with E-state index < -0.39 is 6.04 Å². The van der Waals surface area contributed by atoms with E-state index in [0.717, 1.165) is 11.1 Å². The van der Waals surface area contributed by atoms with E-state index in [2.05, 4.69) is 17.9 Å². The molecule has 1 saturated carbocycles. The number of hydrogen-bond donors (Lipinski definition) is 1. The normalized spacial score (nSPS) is 24.9. The van der Waals surface area contributed by atoms with E-state index in [-0.39, 0.29) is 31.0 Å². The van der Waals surface area contributed by atoms with Crippen molar-refractivity contribution in [2.24, 2.45) is 5.92 Å². The van der Waals surface area contributed by atoms with E-state index in [1.807, 2.05) is 38.4 Å². The molecule has 1 aliphatic carbocycles. The van der Waals surface area contributed by atoms with E-state index in [4.69, 9.17) is 0 Å². The van der Waals surface area contributed by atoms with Crippen molar-refractivity contribution in [2.45, 2.75) is 43.7 Å². The zero-order chi connectivity index (χ0) is 19.4. The second-order valence-electron chi connectivity index (χ2n) is 7.76. The van der Waals surface area contributed by atoms with E-state index in [1.54, 1.807) is 4.90 Å². The molecule has 0 aromatic heterocycles. The largest absolute Gasteiger partial charge is 0.394 e. The molecule has 0 radical (unpaired) electrons. The highest BCUT2D eigenvalue weighted by molar-refractivity contribution is 5.81. The number of carbonyl (C=O) groups excluding carboxylic acids is 1. The monoisotopic (exact) mass is 365 g/mol. The second-order valence-corrected chi connectivity index (χ2v) is 7.76. The number of carbonyl (C=O) groups is 1. The van der Waals surface area contributed by atoms with Gasteiger partial charge in [0.05, 0.1) is 25.3 Å². The van der Waals surface area contributed by atoms with Gasteiger partial charge in [0.1, 0.15) is 6.04 Å². The van der Waals surface area contributed by atoms with Gasteiger partial charge in [-0.25, -0.2) is 0 Å². The Morgan fingerprint density at radius 1 is 1.26 bits per heavy atom. The Hall–Kier alpha value is -2.34. The van der Waals surface area contributed by atoms with Gasteiger partial charge in [-0.2, -0.15) is 5.26 Å². The van der Waals surface area contributed by atoms with E-state index >= 15 is 0 Å². The summed E-state index contributed by atoms with van der Waals surface area (Å²) in [5, 5.41) is 19.4. The fraction of sp³-hybridized carbons (Fsp3) is 0.545. The molecule has 3 rings (SSSR count). The Balaban J connectivity index is 1.73. The van der Waals surface area contributed by atoms with Gasteiger partial charge >= 0.3 is 0 Å². The molecule has 2 fully saturated rings. The van der Waals surface area contributed by atoms with Gasteiger partial charge in [0.2, 0.25) is 5.91 Å². The van der Waals surface area contributed by atoms with Crippen LogP contribution in [0.1, 0.15) is 42.7 Å².